The molecule has 0 aliphatic heterocycles. The Bertz CT molecular complexity index is 470. The maximum Gasteiger partial charge on any atom is 0.220 e. The molecule has 0 saturated carbocycles. The maximum atomic E-state index is 13.2. The van der Waals surface area contributed by atoms with Crippen LogP contribution in [0.3, 0.4) is 0 Å². The highest BCUT2D eigenvalue weighted by Crippen LogP contribution is 2.21. The van der Waals surface area contributed by atoms with Crippen LogP contribution in [-0.4, -0.2) is 22.2 Å². The van der Waals surface area contributed by atoms with Gasteiger partial charge in [0.05, 0.1) is 18.1 Å². The molecule has 1 aromatic rings. The Hall–Kier alpha value is -1.97. The van der Waals surface area contributed by atoms with Gasteiger partial charge >= 0.3 is 0 Å². The molecule has 6 heteroatoms. The highest BCUT2D eigenvalue weighted by atomic mass is 19.1. The summed E-state index contributed by atoms with van der Waals surface area (Å²) in [6.45, 7) is 0. The Morgan fingerprint density at radius 3 is 2.65 bits per heavy atom. The molecule has 1 aromatic carbocycles. The molecular formula is C11H11FN2O3. The van der Waals surface area contributed by atoms with Crippen molar-refractivity contribution in [3.8, 4) is 6.07 Å². The first-order valence-electron chi connectivity index (χ1n) is 4.79. The van der Waals surface area contributed by atoms with Gasteiger partial charge in [-0.2, -0.15) is 5.26 Å². The van der Waals surface area contributed by atoms with Crippen LogP contribution >= 0.6 is 0 Å². The van der Waals surface area contributed by atoms with E-state index in [0.717, 1.165) is 6.07 Å². The standard InChI is InChI=1S/C11H11FN2O3/c12-8-3-6(1-2-7(8)5-13)11(17)9(15)4-10(14)16/h1-3,9,11,15,17H,4H2,(H2,14,16). The maximum absolute atomic E-state index is 13.2. The summed E-state index contributed by atoms with van der Waals surface area (Å²) in [5.41, 5.74) is 4.77. The van der Waals surface area contributed by atoms with Crippen LogP contribution in [0.15, 0.2) is 18.2 Å². The van der Waals surface area contributed by atoms with E-state index in [0.29, 0.717) is 0 Å². The SMILES string of the molecule is N#Cc1ccc(C(O)C(O)CC(N)=O)cc1F. The van der Waals surface area contributed by atoms with Crippen molar-refractivity contribution in [2.75, 3.05) is 0 Å². The summed E-state index contributed by atoms with van der Waals surface area (Å²) >= 11 is 0. The third-order valence-corrected chi connectivity index (χ3v) is 2.23. The lowest BCUT2D eigenvalue weighted by atomic mass is 10.0. The Morgan fingerprint density at radius 2 is 2.18 bits per heavy atom. The number of nitriles is 1. The first-order chi connectivity index (χ1) is 7.95. The number of carbonyl (C=O) groups is 1. The molecule has 1 rings (SSSR count). The van der Waals surface area contributed by atoms with Crippen LogP contribution in [0.5, 0.6) is 0 Å². The minimum atomic E-state index is -1.43. The molecule has 90 valence electrons. The molecule has 0 aliphatic rings. The number of nitrogens with zero attached hydrogens (tertiary/aromatic N) is 1. The van der Waals surface area contributed by atoms with Gasteiger partial charge in [0, 0.05) is 0 Å². The van der Waals surface area contributed by atoms with Crippen LogP contribution in [0.2, 0.25) is 0 Å². The molecule has 1 amide bonds. The molecule has 17 heavy (non-hydrogen) atoms. The van der Waals surface area contributed by atoms with E-state index < -0.39 is 30.4 Å². The molecule has 0 heterocycles. The van der Waals surface area contributed by atoms with Gasteiger partial charge in [0.1, 0.15) is 18.0 Å². The van der Waals surface area contributed by atoms with Gasteiger partial charge in [-0.15, -0.1) is 0 Å². The van der Waals surface area contributed by atoms with Crippen LogP contribution in [-0.2, 0) is 4.79 Å². The lowest BCUT2D eigenvalue weighted by molar-refractivity contribution is -0.121. The number of halogens is 1. The molecule has 0 spiro atoms. The van der Waals surface area contributed by atoms with E-state index in [2.05, 4.69) is 0 Å². The molecule has 0 aliphatic carbocycles. The van der Waals surface area contributed by atoms with E-state index in [-0.39, 0.29) is 11.1 Å². The zero-order chi connectivity index (χ0) is 13.0. The monoisotopic (exact) mass is 238 g/mol. The number of hydrogen-bond donors (Lipinski definition) is 3. The van der Waals surface area contributed by atoms with Gasteiger partial charge in [0.15, 0.2) is 0 Å². The molecule has 0 aromatic heterocycles. The summed E-state index contributed by atoms with van der Waals surface area (Å²) in [5.74, 6) is -1.57. The Kier molecular flexibility index (Phi) is 4.15. The van der Waals surface area contributed by atoms with Crippen molar-refractivity contribution in [2.45, 2.75) is 18.6 Å². The summed E-state index contributed by atoms with van der Waals surface area (Å²) < 4.78 is 13.2. The average Bonchev–Trinajstić information content (AvgIpc) is 2.27. The second-order valence-electron chi connectivity index (χ2n) is 3.53. The number of carbonyl (C=O) groups excluding carboxylic acids is 1. The molecule has 2 unspecified atom stereocenters. The zero-order valence-corrected chi connectivity index (χ0v) is 8.80. The molecule has 0 radical (unpaired) electrons. The number of hydrogen-bond acceptors (Lipinski definition) is 4. The van der Waals surface area contributed by atoms with Gasteiger partial charge in [-0.25, -0.2) is 4.39 Å². The molecule has 5 nitrogen and oxygen atoms in total. The smallest absolute Gasteiger partial charge is 0.220 e. The fourth-order valence-electron chi connectivity index (χ4n) is 1.35. The number of benzene rings is 1. The Morgan fingerprint density at radius 1 is 1.53 bits per heavy atom. The molecule has 0 saturated heterocycles. The van der Waals surface area contributed by atoms with Crippen molar-refractivity contribution >= 4 is 5.91 Å². The van der Waals surface area contributed by atoms with Crippen molar-refractivity contribution < 1.29 is 19.4 Å². The molecule has 2 atom stereocenters. The number of rotatable bonds is 4. The fourth-order valence-corrected chi connectivity index (χ4v) is 1.35. The lowest BCUT2D eigenvalue weighted by Gasteiger charge is -2.16. The molecule has 0 bridgehead atoms. The normalized spacial score (nSPS) is 13.8. The second kappa shape index (κ2) is 5.39. The Balaban J connectivity index is 2.90. The van der Waals surface area contributed by atoms with E-state index in [9.17, 15) is 19.4 Å². The van der Waals surface area contributed by atoms with Crippen molar-refractivity contribution in [1.82, 2.24) is 0 Å². The molecule has 4 N–H and O–H groups in total. The van der Waals surface area contributed by atoms with E-state index in [1.54, 1.807) is 6.07 Å². The van der Waals surface area contributed by atoms with Gasteiger partial charge in [0.25, 0.3) is 0 Å². The van der Waals surface area contributed by atoms with E-state index in [4.69, 9.17) is 11.0 Å². The summed E-state index contributed by atoms with van der Waals surface area (Å²) in [7, 11) is 0. The third kappa shape index (κ3) is 3.24. The molecule has 0 fully saturated rings. The van der Waals surface area contributed by atoms with E-state index >= 15 is 0 Å². The summed E-state index contributed by atoms with van der Waals surface area (Å²) in [4.78, 5) is 10.5. The van der Waals surface area contributed by atoms with Gasteiger partial charge in [0.2, 0.25) is 5.91 Å². The quantitative estimate of drug-likeness (QED) is 0.684. The van der Waals surface area contributed by atoms with Crippen LogP contribution in [0.25, 0.3) is 0 Å². The lowest BCUT2D eigenvalue weighted by Crippen LogP contribution is -2.25. The highest BCUT2D eigenvalue weighted by Gasteiger charge is 2.21. The first kappa shape index (κ1) is 13.1. The predicted octanol–water partition coefficient (Wildman–Crippen LogP) is -0.0329. The van der Waals surface area contributed by atoms with Crippen LogP contribution in [0, 0.1) is 17.1 Å². The number of nitrogens with two attached hydrogens (primary N) is 1. The summed E-state index contributed by atoms with van der Waals surface area (Å²) in [6, 6.07) is 5.05. The van der Waals surface area contributed by atoms with E-state index in [1.807, 2.05) is 0 Å². The first-order valence-corrected chi connectivity index (χ1v) is 4.79. The largest absolute Gasteiger partial charge is 0.390 e. The second-order valence-corrected chi connectivity index (χ2v) is 3.53. The van der Waals surface area contributed by atoms with Crippen molar-refractivity contribution in [3.63, 3.8) is 0 Å². The zero-order valence-electron chi connectivity index (χ0n) is 8.80. The molecular weight excluding hydrogens is 227 g/mol. The Labute approximate surface area is 96.9 Å². The van der Waals surface area contributed by atoms with Crippen molar-refractivity contribution in [2.24, 2.45) is 5.73 Å². The number of aliphatic hydroxyl groups excluding tert-OH is 2. The highest BCUT2D eigenvalue weighted by molar-refractivity contribution is 5.74. The van der Waals surface area contributed by atoms with Crippen molar-refractivity contribution in [1.29, 1.82) is 5.26 Å². The summed E-state index contributed by atoms with van der Waals surface area (Å²) in [6.07, 6.45) is -3.26. The third-order valence-electron chi connectivity index (χ3n) is 2.23. The van der Waals surface area contributed by atoms with Gasteiger partial charge in [-0.05, 0) is 17.7 Å². The van der Waals surface area contributed by atoms with Gasteiger partial charge in [-0.1, -0.05) is 6.07 Å². The minimum absolute atomic E-state index is 0.0789. The van der Waals surface area contributed by atoms with E-state index in [1.165, 1.54) is 12.1 Å². The summed E-state index contributed by atoms with van der Waals surface area (Å²) in [5, 5.41) is 27.6. The van der Waals surface area contributed by atoms with Gasteiger partial charge < -0.3 is 15.9 Å². The minimum Gasteiger partial charge on any atom is -0.390 e. The number of amides is 1. The van der Waals surface area contributed by atoms with Crippen LogP contribution in [0.4, 0.5) is 4.39 Å². The topological polar surface area (TPSA) is 107 Å². The van der Waals surface area contributed by atoms with Gasteiger partial charge in [-0.3, -0.25) is 4.79 Å². The predicted molar refractivity (Wildman–Crippen MR) is 55.9 cm³/mol. The van der Waals surface area contributed by atoms with Crippen molar-refractivity contribution in [3.05, 3.63) is 35.1 Å². The fraction of sp³-hybridized carbons (Fsp3) is 0.273. The number of aliphatic hydroxyl groups is 2. The number of primary amides is 1. The average molecular weight is 238 g/mol. The van der Waals surface area contributed by atoms with Crippen LogP contribution in [0.1, 0.15) is 23.7 Å². The van der Waals surface area contributed by atoms with Crippen LogP contribution < -0.4 is 5.73 Å².